The van der Waals surface area contributed by atoms with Crippen molar-refractivity contribution in [3.05, 3.63) is 0 Å². The molecule has 2 nitrogen and oxygen atoms in total. The van der Waals surface area contributed by atoms with E-state index in [9.17, 15) is 31.1 Å². The van der Waals surface area contributed by atoms with Gasteiger partial charge in [-0.1, -0.05) is 26.7 Å². The Hall–Kier alpha value is -0.950. The largest absolute Gasteiger partial charge is 0.465 e. The lowest BCUT2D eigenvalue weighted by Crippen LogP contribution is -2.46. The van der Waals surface area contributed by atoms with Crippen LogP contribution >= 0.6 is 0 Å². The first kappa shape index (κ1) is 21.0. The predicted octanol–water partition coefficient (Wildman–Crippen LogP) is 5.06. The molecule has 0 saturated carbocycles. The first-order valence-electron chi connectivity index (χ1n) is 7.26. The minimum Gasteiger partial charge on any atom is -0.465 e. The van der Waals surface area contributed by atoms with Gasteiger partial charge in [0.1, 0.15) is 0 Å². The van der Waals surface area contributed by atoms with E-state index in [0.29, 0.717) is 19.3 Å². The Balaban J connectivity index is 3.84. The van der Waals surface area contributed by atoms with Gasteiger partial charge in [0.15, 0.2) is 0 Å². The van der Waals surface area contributed by atoms with Gasteiger partial charge in [0.25, 0.3) is 0 Å². The van der Waals surface area contributed by atoms with Crippen LogP contribution in [0.4, 0.5) is 26.3 Å². The summed E-state index contributed by atoms with van der Waals surface area (Å²) in [6.45, 7) is 3.68. The number of halogens is 6. The Bertz CT molecular complexity index is 333. The summed E-state index contributed by atoms with van der Waals surface area (Å²) in [4.78, 5) is 11.3. The van der Waals surface area contributed by atoms with Gasteiger partial charge in [-0.15, -0.1) is 0 Å². The van der Waals surface area contributed by atoms with E-state index in [1.165, 1.54) is 0 Å². The Kier molecular flexibility index (Phi) is 8.85. The first-order valence-corrected chi connectivity index (χ1v) is 7.26. The van der Waals surface area contributed by atoms with Gasteiger partial charge in [-0.2, -0.15) is 17.6 Å². The molecule has 1 atom stereocenters. The van der Waals surface area contributed by atoms with Gasteiger partial charge in [-0.3, -0.25) is 4.79 Å². The molecule has 0 aromatic rings. The number of carbonyl (C=O) groups excluding carboxylic acids is 1. The summed E-state index contributed by atoms with van der Waals surface area (Å²) in [6, 6.07) is 0. The number of hydrogen-bond donors (Lipinski definition) is 0. The number of esters is 1. The maximum atomic E-state index is 13.0. The van der Waals surface area contributed by atoms with Gasteiger partial charge in [0, 0.05) is 6.42 Å². The van der Waals surface area contributed by atoms with Crippen LogP contribution in [0.1, 0.15) is 52.4 Å². The van der Waals surface area contributed by atoms with Crippen LogP contribution in [0.3, 0.4) is 0 Å². The minimum absolute atomic E-state index is 0.132. The fourth-order valence-electron chi connectivity index (χ4n) is 1.61. The lowest BCUT2D eigenvalue weighted by molar-refractivity contribution is -0.266. The van der Waals surface area contributed by atoms with Crippen molar-refractivity contribution >= 4 is 5.97 Å². The smallest absolute Gasteiger partial charge is 0.369 e. The highest BCUT2D eigenvalue weighted by Gasteiger charge is 2.61. The molecular formula is C14H22F6O2. The average molecular weight is 336 g/mol. The standard InChI is InChI=1S/C14H22F6O2/c1-3-10(2)11(21)22-9-7-5-4-6-8-13(17,18)14(19,20)12(15)16/h10,12H,3-9H2,1-2H3. The van der Waals surface area contributed by atoms with Crippen LogP contribution in [-0.2, 0) is 9.53 Å². The Morgan fingerprint density at radius 3 is 2.09 bits per heavy atom. The summed E-state index contributed by atoms with van der Waals surface area (Å²) in [5, 5.41) is 0. The summed E-state index contributed by atoms with van der Waals surface area (Å²) < 4.78 is 79.8. The molecule has 0 aromatic heterocycles. The minimum atomic E-state index is -5.31. The highest BCUT2D eigenvalue weighted by molar-refractivity contribution is 5.71. The zero-order valence-electron chi connectivity index (χ0n) is 12.7. The van der Waals surface area contributed by atoms with Crippen LogP contribution in [0.5, 0.6) is 0 Å². The molecule has 0 aliphatic carbocycles. The van der Waals surface area contributed by atoms with Crippen molar-refractivity contribution in [3.63, 3.8) is 0 Å². The summed E-state index contributed by atoms with van der Waals surface area (Å²) in [5.74, 6) is -10.6. The monoisotopic (exact) mass is 336 g/mol. The molecule has 0 N–H and O–H groups in total. The molecule has 0 heterocycles. The van der Waals surface area contributed by atoms with Crippen LogP contribution < -0.4 is 0 Å². The second-order valence-electron chi connectivity index (χ2n) is 5.27. The molecule has 0 spiro atoms. The molecular weight excluding hydrogens is 314 g/mol. The van der Waals surface area contributed by atoms with E-state index in [-0.39, 0.29) is 31.3 Å². The molecule has 22 heavy (non-hydrogen) atoms. The molecule has 0 aliphatic heterocycles. The molecule has 0 aliphatic rings. The van der Waals surface area contributed by atoms with Gasteiger partial charge in [0.05, 0.1) is 12.5 Å². The van der Waals surface area contributed by atoms with Crippen molar-refractivity contribution in [1.29, 1.82) is 0 Å². The maximum Gasteiger partial charge on any atom is 0.369 e. The quantitative estimate of drug-likeness (QED) is 0.299. The van der Waals surface area contributed by atoms with Gasteiger partial charge < -0.3 is 4.74 Å². The van der Waals surface area contributed by atoms with Crippen molar-refractivity contribution < 1.29 is 35.9 Å². The second-order valence-corrected chi connectivity index (χ2v) is 5.27. The molecule has 8 heteroatoms. The molecule has 0 aromatic carbocycles. The van der Waals surface area contributed by atoms with Gasteiger partial charge >= 0.3 is 24.2 Å². The predicted molar refractivity (Wildman–Crippen MR) is 69.4 cm³/mol. The van der Waals surface area contributed by atoms with Gasteiger partial charge in [-0.05, 0) is 19.3 Å². The number of rotatable bonds is 11. The fourth-order valence-corrected chi connectivity index (χ4v) is 1.61. The molecule has 0 fully saturated rings. The van der Waals surface area contributed by atoms with Crippen molar-refractivity contribution in [2.45, 2.75) is 70.6 Å². The molecule has 0 rings (SSSR count). The zero-order chi connectivity index (χ0) is 17.4. The summed E-state index contributed by atoms with van der Waals surface area (Å²) >= 11 is 0. The first-order chi connectivity index (χ1) is 10.1. The van der Waals surface area contributed by atoms with E-state index in [4.69, 9.17) is 4.74 Å². The van der Waals surface area contributed by atoms with Crippen molar-refractivity contribution in [2.75, 3.05) is 6.61 Å². The third-order valence-electron chi connectivity index (χ3n) is 3.41. The molecule has 0 bridgehead atoms. The zero-order valence-corrected chi connectivity index (χ0v) is 12.7. The number of hydrogen-bond acceptors (Lipinski definition) is 2. The van der Waals surface area contributed by atoms with E-state index in [1.807, 2.05) is 6.92 Å². The maximum absolute atomic E-state index is 13.0. The highest BCUT2D eigenvalue weighted by Crippen LogP contribution is 2.42. The Morgan fingerprint density at radius 1 is 1.05 bits per heavy atom. The Labute approximate surface area is 126 Å². The summed E-state index contributed by atoms with van der Waals surface area (Å²) in [5.41, 5.74) is 0. The van der Waals surface area contributed by atoms with Gasteiger partial charge in [-0.25, -0.2) is 8.78 Å². The number of alkyl halides is 6. The topological polar surface area (TPSA) is 26.3 Å². The normalized spacial score (nSPS) is 14.2. The molecule has 132 valence electrons. The van der Waals surface area contributed by atoms with E-state index in [0.717, 1.165) is 0 Å². The summed E-state index contributed by atoms with van der Waals surface area (Å²) in [6.07, 6.45) is -4.35. The van der Waals surface area contributed by atoms with Crippen LogP contribution in [0.2, 0.25) is 0 Å². The van der Waals surface area contributed by atoms with Gasteiger partial charge in [0.2, 0.25) is 0 Å². The van der Waals surface area contributed by atoms with Crippen molar-refractivity contribution in [2.24, 2.45) is 5.92 Å². The SMILES string of the molecule is CCC(C)C(=O)OCCCCCCC(F)(F)C(F)(F)C(F)F. The molecule has 0 saturated heterocycles. The third-order valence-corrected chi connectivity index (χ3v) is 3.41. The molecule has 1 unspecified atom stereocenters. The van der Waals surface area contributed by atoms with Crippen LogP contribution in [0, 0.1) is 5.92 Å². The van der Waals surface area contributed by atoms with E-state index < -0.39 is 24.7 Å². The lowest BCUT2D eigenvalue weighted by atomic mass is 10.0. The van der Waals surface area contributed by atoms with Crippen LogP contribution in [0.15, 0.2) is 0 Å². The summed E-state index contributed by atoms with van der Waals surface area (Å²) in [7, 11) is 0. The van der Waals surface area contributed by atoms with E-state index in [2.05, 4.69) is 0 Å². The van der Waals surface area contributed by atoms with E-state index in [1.54, 1.807) is 6.92 Å². The fraction of sp³-hybridized carbons (Fsp3) is 0.929. The van der Waals surface area contributed by atoms with Crippen molar-refractivity contribution in [3.8, 4) is 0 Å². The number of carbonyl (C=O) groups is 1. The van der Waals surface area contributed by atoms with Crippen LogP contribution in [0.25, 0.3) is 0 Å². The molecule has 0 radical (unpaired) electrons. The second kappa shape index (κ2) is 9.25. The lowest BCUT2D eigenvalue weighted by Gasteiger charge is -2.25. The Morgan fingerprint density at radius 2 is 1.59 bits per heavy atom. The highest BCUT2D eigenvalue weighted by atomic mass is 19.3. The van der Waals surface area contributed by atoms with Crippen molar-refractivity contribution in [1.82, 2.24) is 0 Å². The van der Waals surface area contributed by atoms with Crippen LogP contribution in [-0.4, -0.2) is 30.8 Å². The van der Waals surface area contributed by atoms with E-state index >= 15 is 0 Å². The number of ether oxygens (including phenoxy) is 1. The number of unbranched alkanes of at least 4 members (excludes halogenated alkanes) is 3. The average Bonchev–Trinajstić information content (AvgIpc) is 2.44. The third kappa shape index (κ3) is 6.44. The molecule has 0 amide bonds.